The average molecular weight is 313 g/mol. The maximum atomic E-state index is 12.8. The third-order valence-corrected chi connectivity index (χ3v) is 5.57. The first-order chi connectivity index (χ1) is 10.0. The van der Waals surface area contributed by atoms with Crippen molar-refractivity contribution >= 4 is 16.0 Å². The topological polar surface area (TPSA) is 72.9 Å². The van der Waals surface area contributed by atoms with E-state index in [2.05, 4.69) is 4.74 Å². The Hall–Kier alpha value is -1.44. The van der Waals surface area contributed by atoms with Gasteiger partial charge in [-0.15, -0.1) is 0 Å². The molecule has 0 aliphatic carbocycles. The van der Waals surface area contributed by atoms with E-state index in [-0.39, 0.29) is 16.5 Å². The van der Waals surface area contributed by atoms with E-state index in [4.69, 9.17) is 4.74 Å². The number of carbonyl (C=O) groups is 1. The van der Waals surface area contributed by atoms with Crippen LogP contribution < -0.4 is 0 Å². The van der Waals surface area contributed by atoms with E-state index in [1.807, 2.05) is 0 Å². The van der Waals surface area contributed by atoms with Gasteiger partial charge in [-0.3, -0.25) is 0 Å². The second-order valence-corrected chi connectivity index (χ2v) is 6.71. The second-order valence-electron chi connectivity index (χ2n) is 4.85. The summed E-state index contributed by atoms with van der Waals surface area (Å²) >= 11 is 0. The monoisotopic (exact) mass is 313 g/mol. The van der Waals surface area contributed by atoms with Crippen LogP contribution in [0.4, 0.5) is 0 Å². The zero-order chi connectivity index (χ0) is 15.5. The predicted molar refractivity (Wildman–Crippen MR) is 76.6 cm³/mol. The molecule has 1 atom stereocenters. The van der Waals surface area contributed by atoms with E-state index in [1.165, 1.54) is 23.5 Å². The molecule has 2 rings (SSSR count). The number of hydrogen-bond acceptors (Lipinski definition) is 5. The third-order valence-electron chi connectivity index (χ3n) is 3.56. The summed E-state index contributed by atoms with van der Waals surface area (Å²) in [6.07, 6.45) is 1.54. The Balaban J connectivity index is 2.42. The van der Waals surface area contributed by atoms with Crippen molar-refractivity contribution < 1.29 is 22.7 Å². The highest BCUT2D eigenvalue weighted by atomic mass is 32.2. The maximum absolute atomic E-state index is 12.8. The highest BCUT2D eigenvalue weighted by Crippen LogP contribution is 2.28. The number of carbonyl (C=O) groups excluding carboxylic acids is 1. The Morgan fingerprint density at radius 1 is 1.33 bits per heavy atom. The van der Waals surface area contributed by atoms with Gasteiger partial charge in [-0.1, -0.05) is 12.1 Å². The Morgan fingerprint density at radius 3 is 2.71 bits per heavy atom. The van der Waals surface area contributed by atoms with Gasteiger partial charge in [-0.05, 0) is 25.0 Å². The van der Waals surface area contributed by atoms with Gasteiger partial charge in [0.2, 0.25) is 10.0 Å². The predicted octanol–water partition coefficient (Wildman–Crippen LogP) is 1.27. The molecule has 1 aromatic carbocycles. The molecule has 1 fully saturated rings. The normalized spacial score (nSPS) is 19.6. The van der Waals surface area contributed by atoms with Gasteiger partial charge in [0.05, 0.1) is 24.2 Å². The SMILES string of the molecule is COC[C@@H]1CCCN1S(=O)(=O)c1ccccc1C(=O)OC. The molecule has 0 amide bonds. The van der Waals surface area contributed by atoms with Crippen molar-refractivity contribution in [2.75, 3.05) is 27.4 Å². The lowest BCUT2D eigenvalue weighted by Crippen LogP contribution is -2.38. The molecular weight excluding hydrogens is 294 g/mol. The molecule has 21 heavy (non-hydrogen) atoms. The second kappa shape index (κ2) is 6.55. The molecule has 0 N–H and O–H groups in total. The number of methoxy groups -OCH3 is 2. The van der Waals surface area contributed by atoms with E-state index < -0.39 is 16.0 Å². The number of benzene rings is 1. The van der Waals surface area contributed by atoms with Crippen molar-refractivity contribution in [1.29, 1.82) is 0 Å². The van der Waals surface area contributed by atoms with Crippen LogP contribution in [0.25, 0.3) is 0 Å². The van der Waals surface area contributed by atoms with Crippen LogP contribution in [0.3, 0.4) is 0 Å². The maximum Gasteiger partial charge on any atom is 0.339 e. The zero-order valence-electron chi connectivity index (χ0n) is 12.1. The minimum absolute atomic E-state index is 0.0140. The van der Waals surface area contributed by atoms with Crippen LogP contribution in [-0.4, -0.2) is 52.1 Å². The van der Waals surface area contributed by atoms with Crippen LogP contribution in [0.15, 0.2) is 29.2 Å². The number of rotatable bonds is 5. The molecule has 7 heteroatoms. The van der Waals surface area contributed by atoms with Crippen molar-refractivity contribution in [3.63, 3.8) is 0 Å². The molecule has 1 aliphatic heterocycles. The Kier molecular flexibility index (Phi) is 4.97. The highest BCUT2D eigenvalue weighted by Gasteiger charge is 2.37. The van der Waals surface area contributed by atoms with Gasteiger partial charge in [0.25, 0.3) is 0 Å². The summed E-state index contributed by atoms with van der Waals surface area (Å²) in [7, 11) is -0.965. The van der Waals surface area contributed by atoms with Crippen molar-refractivity contribution in [2.45, 2.75) is 23.8 Å². The quantitative estimate of drug-likeness (QED) is 0.766. The van der Waals surface area contributed by atoms with Crippen LogP contribution in [0.5, 0.6) is 0 Å². The third kappa shape index (κ3) is 3.09. The van der Waals surface area contributed by atoms with E-state index in [1.54, 1.807) is 19.2 Å². The van der Waals surface area contributed by atoms with Crippen molar-refractivity contribution in [3.05, 3.63) is 29.8 Å². The van der Waals surface area contributed by atoms with Crippen molar-refractivity contribution in [1.82, 2.24) is 4.31 Å². The lowest BCUT2D eigenvalue weighted by atomic mass is 10.2. The minimum Gasteiger partial charge on any atom is -0.465 e. The van der Waals surface area contributed by atoms with E-state index in [9.17, 15) is 13.2 Å². The van der Waals surface area contributed by atoms with Crippen LogP contribution in [0.1, 0.15) is 23.2 Å². The summed E-state index contributed by atoms with van der Waals surface area (Å²) in [5.41, 5.74) is 0.0584. The molecule has 0 bridgehead atoms. The molecule has 1 heterocycles. The van der Waals surface area contributed by atoms with Crippen LogP contribution in [0, 0.1) is 0 Å². The van der Waals surface area contributed by atoms with Crippen molar-refractivity contribution in [2.24, 2.45) is 0 Å². The molecule has 0 aromatic heterocycles. The molecule has 6 nitrogen and oxygen atoms in total. The van der Waals surface area contributed by atoms with Gasteiger partial charge in [-0.2, -0.15) is 4.31 Å². The number of nitrogens with zero attached hydrogens (tertiary/aromatic N) is 1. The first kappa shape index (κ1) is 15.9. The molecule has 0 spiro atoms. The summed E-state index contributed by atoms with van der Waals surface area (Å²) in [5, 5.41) is 0. The Labute approximate surface area is 124 Å². The van der Waals surface area contributed by atoms with Crippen LogP contribution in [-0.2, 0) is 19.5 Å². The summed E-state index contributed by atoms with van der Waals surface area (Å²) in [6.45, 7) is 0.783. The first-order valence-corrected chi connectivity index (χ1v) is 8.14. The summed E-state index contributed by atoms with van der Waals surface area (Å²) in [5.74, 6) is -0.656. The van der Waals surface area contributed by atoms with Gasteiger partial charge in [0.1, 0.15) is 0 Å². The lowest BCUT2D eigenvalue weighted by Gasteiger charge is -2.24. The molecule has 0 saturated carbocycles. The highest BCUT2D eigenvalue weighted by molar-refractivity contribution is 7.89. The van der Waals surface area contributed by atoms with E-state index >= 15 is 0 Å². The minimum atomic E-state index is -3.74. The number of sulfonamides is 1. The molecule has 116 valence electrons. The first-order valence-electron chi connectivity index (χ1n) is 6.70. The average Bonchev–Trinajstić information content (AvgIpc) is 2.96. The smallest absolute Gasteiger partial charge is 0.339 e. The van der Waals surface area contributed by atoms with Crippen LogP contribution in [0.2, 0.25) is 0 Å². The number of esters is 1. The van der Waals surface area contributed by atoms with Crippen molar-refractivity contribution in [3.8, 4) is 0 Å². The fourth-order valence-corrected chi connectivity index (χ4v) is 4.44. The van der Waals surface area contributed by atoms with Crippen LogP contribution >= 0.6 is 0 Å². The van der Waals surface area contributed by atoms with E-state index in [0.29, 0.717) is 13.2 Å². The molecule has 1 aliphatic rings. The molecule has 0 radical (unpaired) electrons. The fourth-order valence-electron chi connectivity index (χ4n) is 2.58. The molecule has 1 aromatic rings. The largest absolute Gasteiger partial charge is 0.465 e. The molecule has 1 saturated heterocycles. The number of ether oxygens (including phenoxy) is 2. The van der Waals surface area contributed by atoms with Gasteiger partial charge >= 0.3 is 5.97 Å². The van der Waals surface area contributed by atoms with Gasteiger partial charge < -0.3 is 9.47 Å². The van der Waals surface area contributed by atoms with Gasteiger partial charge in [0, 0.05) is 19.7 Å². The summed E-state index contributed by atoms with van der Waals surface area (Å²) in [4.78, 5) is 11.8. The zero-order valence-corrected chi connectivity index (χ0v) is 12.9. The Morgan fingerprint density at radius 2 is 2.05 bits per heavy atom. The molecule has 0 unspecified atom stereocenters. The fraction of sp³-hybridized carbons (Fsp3) is 0.500. The summed E-state index contributed by atoms with van der Waals surface area (Å²) < 4.78 is 36.8. The Bertz CT molecular complexity index is 614. The summed E-state index contributed by atoms with van der Waals surface area (Å²) in [6, 6.07) is 5.91. The van der Waals surface area contributed by atoms with E-state index in [0.717, 1.165) is 12.8 Å². The standard InChI is InChI=1S/C14H19NO5S/c1-19-10-11-6-5-9-15(11)21(17,18)13-8-4-3-7-12(13)14(16)20-2/h3-4,7-8,11H,5-6,9-10H2,1-2H3/t11-/m0/s1. The van der Waals surface area contributed by atoms with Gasteiger partial charge in [-0.25, -0.2) is 13.2 Å². The molecular formula is C14H19NO5S. The lowest BCUT2D eigenvalue weighted by molar-refractivity contribution is 0.0596. The van der Waals surface area contributed by atoms with Gasteiger partial charge in [0.15, 0.2) is 0 Å². The number of hydrogen-bond donors (Lipinski definition) is 0.